The van der Waals surface area contributed by atoms with Gasteiger partial charge in [0.1, 0.15) is 6.29 Å². The highest BCUT2D eigenvalue weighted by Gasteiger charge is 2.09. The highest BCUT2D eigenvalue weighted by molar-refractivity contribution is 8.00. The Morgan fingerprint density at radius 2 is 1.53 bits per heavy atom. The van der Waals surface area contributed by atoms with E-state index < -0.39 is 0 Å². The summed E-state index contributed by atoms with van der Waals surface area (Å²) in [7, 11) is 0. The normalized spacial score (nSPS) is 12.0. The van der Waals surface area contributed by atoms with E-state index in [2.05, 4.69) is 12.1 Å². The molecule has 86 valence electrons. The number of carbonyl (C=O) groups is 1. The molecule has 0 aliphatic rings. The Morgan fingerprint density at radius 1 is 0.941 bits per heavy atom. The van der Waals surface area contributed by atoms with Gasteiger partial charge < -0.3 is 4.79 Å². The van der Waals surface area contributed by atoms with E-state index in [0.29, 0.717) is 0 Å². The average molecular weight is 242 g/mol. The summed E-state index contributed by atoms with van der Waals surface area (Å²) in [6, 6.07) is 20.2. The van der Waals surface area contributed by atoms with E-state index >= 15 is 0 Å². The van der Waals surface area contributed by atoms with Crippen molar-refractivity contribution in [2.75, 3.05) is 0 Å². The second kappa shape index (κ2) is 6.26. The standard InChI is InChI=1S/C15H14OS/c16-12-15(11-13-7-3-1-4-8-13)17-14-9-5-2-6-10-14/h1-10,12,15H,11H2/t15-/m1/s1. The number of benzene rings is 2. The van der Waals surface area contributed by atoms with Crippen LogP contribution in [-0.2, 0) is 11.2 Å². The number of hydrogen-bond acceptors (Lipinski definition) is 2. The minimum Gasteiger partial charge on any atom is -0.302 e. The minimum atomic E-state index is -0.0141. The van der Waals surface area contributed by atoms with Crippen LogP contribution >= 0.6 is 11.8 Å². The van der Waals surface area contributed by atoms with Gasteiger partial charge in [0.05, 0.1) is 5.25 Å². The number of aldehydes is 1. The predicted molar refractivity (Wildman–Crippen MR) is 72.3 cm³/mol. The first-order chi connectivity index (χ1) is 8.38. The topological polar surface area (TPSA) is 17.1 Å². The van der Waals surface area contributed by atoms with Crippen LogP contribution in [0.1, 0.15) is 5.56 Å². The fraction of sp³-hybridized carbons (Fsp3) is 0.133. The van der Waals surface area contributed by atoms with Gasteiger partial charge in [0, 0.05) is 4.90 Å². The largest absolute Gasteiger partial charge is 0.302 e. The summed E-state index contributed by atoms with van der Waals surface area (Å²) in [6.45, 7) is 0. The number of hydrogen-bond donors (Lipinski definition) is 0. The van der Waals surface area contributed by atoms with Crippen LogP contribution in [0.15, 0.2) is 65.6 Å². The van der Waals surface area contributed by atoms with Crippen molar-refractivity contribution < 1.29 is 4.79 Å². The maximum absolute atomic E-state index is 11.1. The quantitative estimate of drug-likeness (QED) is 0.589. The van der Waals surface area contributed by atoms with E-state index in [4.69, 9.17) is 0 Å². The zero-order valence-corrected chi connectivity index (χ0v) is 10.3. The lowest BCUT2D eigenvalue weighted by Gasteiger charge is -2.09. The Balaban J connectivity index is 2.01. The first kappa shape index (κ1) is 11.9. The molecule has 0 amide bonds. The Labute approximate surface area is 106 Å². The molecule has 2 aromatic rings. The smallest absolute Gasteiger partial charge is 0.133 e. The number of rotatable bonds is 5. The molecular formula is C15H14OS. The third kappa shape index (κ3) is 3.75. The van der Waals surface area contributed by atoms with Crippen molar-refractivity contribution in [2.24, 2.45) is 0 Å². The van der Waals surface area contributed by atoms with Crippen LogP contribution in [0.25, 0.3) is 0 Å². The zero-order valence-electron chi connectivity index (χ0n) is 9.45. The Kier molecular flexibility index (Phi) is 4.39. The maximum Gasteiger partial charge on any atom is 0.133 e. The Morgan fingerprint density at radius 3 is 2.12 bits per heavy atom. The fourth-order valence-electron chi connectivity index (χ4n) is 1.64. The lowest BCUT2D eigenvalue weighted by molar-refractivity contribution is -0.107. The van der Waals surface area contributed by atoms with E-state index in [1.165, 1.54) is 5.56 Å². The fourth-order valence-corrected chi connectivity index (χ4v) is 2.63. The van der Waals surface area contributed by atoms with Crippen molar-refractivity contribution in [2.45, 2.75) is 16.6 Å². The van der Waals surface area contributed by atoms with Crippen LogP contribution < -0.4 is 0 Å². The van der Waals surface area contributed by atoms with Gasteiger partial charge in [-0.2, -0.15) is 0 Å². The molecule has 0 heterocycles. The number of carbonyl (C=O) groups excluding carboxylic acids is 1. The summed E-state index contributed by atoms with van der Waals surface area (Å²) in [4.78, 5) is 12.2. The Hall–Kier alpha value is -1.54. The third-order valence-corrected chi connectivity index (χ3v) is 3.59. The van der Waals surface area contributed by atoms with Crippen molar-refractivity contribution in [3.63, 3.8) is 0 Å². The second-order valence-electron chi connectivity index (χ2n) is 3.80. The van der Waals surface area contributed by atoms with Gasteiger partial charge in [-0.15, -0.1) is 11.8 Å². The van der Waals surface area contributed by atoms with E-state index in [-0.39, 0.29) is 5.25 Å². The second-order valence-corrected chi connectivity index (χ2v) is 5.11. The summed E-state index contributed by atoms with van der Waals surface area (Å²) in [5.74, 6) is 0. The van der Waals surface area contributed by atoms with Crippen LogP contribution in [0, 0.1) is 0 Å². The molecule has 0 radical (unpaired) electrons. The average Bonchev–Trinajstić information content (AvgIpc) is 2.40. The molecular weight excluding hydrogens is 228 g/mol. The predicted octanol–water partition coefficient (Wildman–Crippen LogP) is 3.59. The van der Waals surface area contributed by atoms with Crippen molar-refractivity contribution in [1.29, 1.82) is 0 Å². The van der Waals surface area contributed by atoms with Gasteiger partial charge >= 0.3 is 0 Å². The van der Waals surface area contributed by atoms with Gasteiger partial charge in [-0.25, -0.2) is 0 Å². The van der Waals surface area contributed by atoms with Gasteiger partial charge in [-0.05, 0) is 24.1 Å². The Bertz CT molecular complexity index is 411. The van der Waals surface area contributed by atoms with Crippen LogP contribution in [0.4, 0.5) is 0 Å². The first-order valence-electron chi connectivity index (χ1n) is 5.59. The third-order valence-electron chi connectivity index (χ3n) is 2.46. The molecule has 0 aromatic heterocycles. The summed E-state index contributed by atoms with van der Waals surface area (Å²) in [5, 5.41) is -0.0141. The first-order valence-corrected chi connectivity index (χ1v) is 6.47. The molecule has 0 aliphatic heterocycles. The van der Waals surface area contributed by atoms with E-state index in [1.54, 1.807) is 11.8 Å². The van der Waals surface area contributed by atoms with Crippen LogP contribution in [-0.4, -0.2) is 11.5 Å². The highest BCUT2D eigenvalue weighted by atomic mass is 32.2. The molecule has 1 nitrogen and oxygen atoms in total. The lowest BCUT2D eigenvalue weighted by atomic mass is 10.1. The molecule has 0 saturated heterocycles. The SMILES string of the molecule is O=C[C@@H](Cc1ccccc1)Sc1ccccc1. The van der Waals surface area contributed by atoms with Crippen molar-refractivity contribution >= 4 is 18.0 Å². The molecule has 0 spiro atoms. The molecule has 2 rings (SSSR count). The van der Waals surface area contributed by atoms with E-state index in [1.807, 2.05) is 48.5 Å². The summed E-state index contributed by atoms with van der Waals surface area (Å²) < 4.78 is 0. The zero-order chi connectivity index (χ0) is 11.9. The molecule has 0 bridgehead atoms. The lowest BCUT2D eigenvalue weighted by Crippen LogP contribution is -2.08. The van der Waals surface area contributed by atoms with Crippen LogP contribution in [0.5, 0.6) is 0 Å². The number of thioether (sulfide) groups is 1. The maximum atomic E-state index is 11.1. The molecule has 2 heteroatoms. The van der Waals surface area contributed by atoms with Gasteiger partial charge in [0.15, 0.2) is 0 Å². The molecule has 0 unspecified atom stereocenters. The molecule has 0 saturated carbocycles. The molecule has 1 atom stereocenters. The molecule has 0 aliphatic carbocycles. The summed E-state index contributed by atoms with van der Waals surface area (Å²) >= 11 is 1.62. The van der Waals surface area contributed by atoms with Crippen molar-refractivity contribution in [3.8, 4) is 0 Å². The van der Waals surface area contributed by atoms with Gasteiger partial charge in [-0.1, -0.05) is 48.5 Å². The van der Waals surface area contributed by atoms with Gasteiger partial charge in [-0.3, -0.25) is 0 Å². The van der Waals surface area contributed by atoms with E-state index in [0.717, 1.165) is 17.6 Å². The van der Waals surface area contributed by atoms with Gasteiger partial charge in [0.25, 0.3) is 0 Å². The van der Waals surface area contributed by atoms with Crippen molar-refractivity contribution in [1.82, 2.24) is 0 Å². The summed E-state index contributed by atoms with van der Waals surface area (Å²) in [5.41, 5.74) is 1.20. The molecule has 17 heavy (non-hydrogen) atoms. The summed E-state index contributed by atoms with van der Waals surface area (Å²) in [6.07, 6.45) is 1.81. The molecule has 0 fully saturated rings. The molecule has 2 aromatic carbocycles. The minimum absolute atomic E-state index is 0.0141. The highest BCUT2D eigenvalue weighted by Crippen LogP contribution is 2.24. The monoisotopic (exact) mass is 242 g/mol. The van der Waals surface area contributed by atoms with Crippen LogP contribution in [0.3, 0.4) is 0 Å². The molecule has 0 N–H and O–H groups in total. The van der Waals surface area contributed by atoms with Gasteiger partial charge in [0.2, 0.25) is 0 Å². The van der Waals surface area contributed by atoms with E-state index in [9.17, 15) is 4.79 Å². The van der Waals surface area contributed by atoms with Crippen LogP contribution in [0.2, 0.25) is 0 Å². The van der Waals surface area contributed by atoms with Crippen molar-refractivity contribution in [3.05, 3.63) is 66.2 Å².